The van der Waals surface area contributed by atoms with Crippen molar-refractivity contribution in [2.75, 3.05) is 0 Å². The molecule has 0 unspecified atom stereocenters. The summed E-state index contributed by atoms with van der Waals surface area (Å²) >= 11 is 2.60. The quantitative estimate of drug-likeness (QED) is 0.119. The topological polar surface area (TPSA) is 131 Å². The normalized spacial score (nSPS) is 13.5. The van der Waals surface area contributed by atoms with Crippen LogP contribution < -0.4 is 0 Å². The fourth-order valence-electron chi connectivity index (χ4n) is 8.28. The van der Waals surface area contributed by atoms with Crippen LogP contribution in [-0.2, 0) is 22.7 Å². The molecule has 0 N–H and O–H groups in total. The molecule has 10 nitrogen and oxygen atoms in total. The number of hydrogen-bond donors (Lipinski definition) is 0. The molecule has 62 heavy (non-hydrogen) atoms. The summed E-state index contributed by atoms with van der Waals surface area (Å²) in [5, 5.41) is 1.24. The van der Waals surface area contributed by atoms with Crippen molar-refractivity contribution >= 4 is 112 Å². The highest BCUT2D eigenvalue weighted by Crippen LogP contribution is 2.44. The molecule has 2 aliphatic carbocycles. The molecule has 11 rings (SSSR count). The Morgan fingerprint density at radius 1 is 0.452 bits per heavy atom. The first-order valence-electron chi connectivity index (χ1n) is 19.5. The van der Waals surface area contributed by atoms with Gasteiger partial charge in [-0.25, -0.2) is 18.7 Å². The molecule has 0 aliphatic heterocycles. The molecule has 12 heteroatoms. The van der Waals surface area contributed by atoms with E-state index in [1.807, 2.05) is 72.8 Å². The van der Waals surface area contributed by atoms with Crippen LogP contribution in [0.3, 0.4) is 0 Å². The molecule has 4 heterocycles. The molecule has 0 amide bonds. The third-order valence-electron chi connectivity index (χ3n) is 11.2. The molecule has 0 saturated heterocycles. The predicted molar refractivity (Wildman–Crippen MR) is 238 cm³/mol. The standard InChI is InChI=1S/C50H28N2O8S2/c53-43-31-15-7-8-16-32(31)44(54)37(43)19-29-21-41-47(61-29)35-24-40-36(23-39(35)51(41)49(57)59-25-27-11-3-1-4-12-27)48-42(52(40)50(58)60-26-28-13-5-2-6-14-28)22-30(62-48)20-38-45(55)33-17-9-10-18-34(33)46(38)56/h1-24H,25-26H2. The van der Waals surface area contributed by atoms with Crippen LogP contribution in [0, 0.1) is 0 Å². The summed E-state index contributed by atoms with van der Waals surface area (Å²) in [6.07, 6.45) is 1.82. The molecule has 0 atom stereocenters. The largest absolute Gasteiger partial charge is 0.444 e. The first kappa shape index (κ1) is 37.2. The summed E-state index contributed by atoms with van der Waals surface area (Å²) in [5.41, 5.74) is 5.00. The lowest BCUT2D eigenvalue weighted by Crippen LogP contribution is -2.14. The Hall–Kier alpha value is -7.80. The van der Waals surface area contributed by atoms with Gasteiger partial charge in [0.1, 0.15) is 13.2 Å². The Labute approximate surface area is 359 Å². The van der Waals surface area contributed by atoms with Gasteiger partial charge in [-0.2, -0.15) is 0 Å². The number of carbonyl (C=O) groups excluding carboxylic acids is 6. The van der Waals surface area contributed by atoms with Crippen molar-refractivity contribution in [3.63, 3.8) is 0 Å². The summed E-state index contributed by atoms with van der Waals surface area (Å²) in [6, 6.07) is 39.2. The highest BCUT2D eigenvalue weighted by atomic mass is 32.1. The van der Waals surface area contributed by atoms with Gasteiger partial charge >= 0.3 is 12.2 Å². The molecular weight excluding hydrogens is 821 g/mol. The minimum absolute atomic E-state index is 0.00350. The molecule has 0 bridgehead atoms. The second-order valence-electron chi connectivity index (χ2n) is 14.9. The Morgan fingerprint density at radius 2 is 0.790 bits per heavy atom. The van der Waals surface area contributed by atoms with Gasteiger partial charge in [-0.3, -0.25) is 19.2 Å². The minimum atomic E-state index is -0.655. The molecule has 298 valence electrons. The molecule has 0 saturated carbocycles. The molecule has 0 radical (unpaired) electrons. The number of thiophene rings is 2. The monoisotopic (exact) mass is 848 g/mol. The third kappa shape index (κ3) is 5.91. The summed E-state index contributed by atoms with van der Waals surface area (Å²) in [4.78, 5) is 83.2. The first-order chi connectivity index (χ1) is 30.2. The number of fused-ring (bicyclic) bond motifs is 8. The van der Waals surface area contributed by atoms with Gasteiger partial charge in [-0.1, -0.05) is 109 Å². The van der Waals surface area contributed by atoms with E-state index < -0.39 is 12.2 Å². The highest BCUT2D eigenvalue weighted by molar-refractivity contribution is 7.21. The molecule has 0 spiro atoms. The number of benzene rings is 5. The molecule has 0 fully saturated rings. The number of allylic oxidation sites excluding steroid dienone is 2. The summed E-state index contributed by atoms with van der Waals surface area (Å²) in [7, 11) is 0. The Kier molecular flexibility index (Phi) is 8.67. The molecule has 5 aromatic carbocycles. The van der Waals surface area contributed by atoms with Crippen molar-refractivity contribution in [1.82, 2.24) is 9.13 Å². The van der Waals surface area contributed by atoms with Crippen LogP contribution in [0.15, 0.2) is 145 Å². The fraction of sp³-hybridized carbons (Fsp3) is 0.0400. The third-order valence-corrected chi connectivity index (χ3v) is 13.4. The molecule has 4 aromatic heterocycles. The lowest BCUT2D eigenvalue weighted by Gasteiger charge is -2.09. The zero-order chi connectivity index (χ0) is 42.2. The zero-order valence-corrected chi connectivity index (χ0v) is 33.9. The Balaban J connectivity index is 1.09. The van der Waals surface area contributed by atoms with Crippen molar-refractivity contribution in [1.29, 1.82) is 0 Å². The van der Waals surface area contributed by atoms with Gasteiger partial charge in [-0.05, 0) is 47.5 Å². The van der Waals surface area contributed by atoms with Gasteiger partial charge in [0.15, 0.2) is 23.1 Å². The number of Topliss-reactive ketones (excluding diaryl/α,β-unsaturated/α-hetero) is 4. The SMILES string of the molecule is O=C1C(=Cc2cc3c(s2)c2cc4c(cc2n3C(=O)OCc2ccccc2)c2sc(C=C3C(=O)c5ccccc5C3=O)cc2n4C(=O)OCc2ccccc2)C(=O)c2ccccc21. The fourth-order valence-corrected chi connectivity index (χ4v) is 10.5. The van der Waals surface area contributed by atoms with E-state index in [1.54, 1.807) is 72.8 Å². The zero-order valence-electron chi connectivity index (χ0n) is 32.2. The van der Waals surface area contributed by atoms with Crippen molar-refractivity contribution in [2.45, 2.75) is 13.2 Å². The molecular formula is C50H28N2O8S2. The van der Waals surface area contributed by atoms with Gasteiger partial charge in [0.05, 0.1) is 42.6 Å². The average molecular weight is 849 g/mol. The van der Waals surface area contributed by atoms with Crippen LogP contribution in [0.2, 0.25) is 0 Å². The van der Waals surface area contributed by atoms with E-state index in [0.717, 1.165) is 11.1 Å². The molecule has 2 aliphatic rings. The van der Waals surface area contributed by atoms with Gasteiger partial charge < -0.3 is 9.47 Å². The number of carbonyl (C=O) groups is 6. The van der Waals surface area contributed by atoms with Crippen LogP contribution in [0.25, 0.3) is 54.4 Å². The van der Waals surface area contributed by atoms with Crippen LogP contribution in [0.4, 0.5) is 9.59 Å². The van der Waals surface area contributed by atoms with Gasteiger partial charge in [0.25, 0.3) is 0 Å². The summed E-state index contributed by atoms with van der Waals surface area (Å²) in [5.74, 6) is -1.47. The van der Waals surface area contributed by atoms with E-state index in [1.165, 1.54) is 31.8 Å². The Morgan fingerprint density at radius 3 is 1.15 bits per heavy atom. The number of aromatic nitrogens is 2. The van der Waals surface area contributed by atoms with Gasteiger partial charge in [0, 0.05) is 42.8 Å². The number of nitrogens with zero attached hydrogens (tertiary/aromatic N) is 2. The lowest BCUT2D eigenvalue weighted by atomic mass is 10.1. The van der Waals surface area contributed by atoms with Crippen molar-refractivity contribution in [3.8, 4) is 0 Å². The van der Waals surface area contributed by atoms with E-state index >= 15 is 0 Å². The van der Waals surface area contributed by atoms with Crippen LogP contribution in [-0.4, -0.2) is 44.5 Å². The van der Waals surface area contributed by atoms with Crippen LogP contribution >= 0.6 is 22.7 Å². The maximum atomic E-state index is 14.3. The van der Waals surface area contributed by atoms with E-state index in [9.17, 15) is 28.8 Å². The second kappa shape index (κ2) is 14.4. The minimum Gasteiger partial charge on any atom is -0.444 e. The maximum Gasteiger partial charge on any atom is 0.419 e. The highest BCUT2D eigenvalue weighted by Gasteiger charge is 2.34. The van der Waals surface area contributed by atoms with Crippen LogP contribution in [0.5, 0.6) is 0 Å². The lowest BCUT2D eigenvalue weighted by molar-refractivity contribution is 0.0975. The summed E-state index contributed by atoms with van der Waals surface area (Å²) in [6.45, 7) is 0.00700. The van der Waals surface area contributed by atoms with Gasteiger partial charge in [0.2, 0.25) is 0 Å². The molecule has 9 aromatic rings. The first-order valence-corrected chi connectivity index (χ1v) is 21.1. The smallest absolute Gasteiger partial charge is 0.419 e. The van der Waals surface area contributed by atoms with E-state index in [0.29, 0.717) is 74.2 Å². The second-order valence-corrected chi connectivity index (χ2v) is 17.1. The van der Waals surface area contributed by atoms with Gasteiger partial charge in [-0.15, -0.1) is 22.7 Å². The maximum absolute atomic E-state index is 14.3. The van der Waals surface area contributed by atoms with E-state index in [4.69, 9.17) is 9.47 Å². The van der Waals surface area contributed by atoms with Crippen molar-refractivity contribution in [2.24, 2.45) is 0 Å². The number of ether oxygens (including phenoxy) is 2. The van der Waals surface area contributed by atoms with Crippen molar-refractivity contribution in [3.05, 3.63) is 188 Å². The Bertz CT molecular complexity index is 3220. The number of ketones is 4. The number of rotatable bonds is 6. The van der Waals surface area contributed by atoms with Crippen molar-refractivity contribution < 1.29 is 38.2 Å². The summed E-state index contributed by atoms with van der Waals surface area (Å²) < 4.78 is 16.1. The number of hydrogen-bond acceptors (Lipinski definition) is 10. The van der Waals surface area contributed by atoms with Crippen LogP contribution in [0.1, 0.15) is 62.3 Å². The average Bonchev–Trinajstić information content (AvgIpc) is 4.12. The predicted octanol–water partition coefficient (Wildman–Crippen LogP) is 11.3. The van der Waals surface area contributed by atoms with E-state index in [2.05, 4.69) is 0 Å². The van der Waals surface area contributed by atoms with E-state index in [-0.39, 0.29) is 47.5 Å².